The van der Waals surface area contributed by atoms with Gasteiger partial charge in [-0.25, -0.2) is 9.97 Å². The summed E-state index contributed by atoms with van der Waals surface area (Å²) in [5.74, 6) is 1.88. The van der Waals surface area contributed by atoms with E-state index in [9.17, 15) is 0 Å². The summed E-state index contributed by atoms with van der Waals surface area (Å²) in [6.07, 6.45) is 4.28. The highest BCUT2D eigenvalue weighted by Crippen LogP contribution is 2.32. The third-order valence-corrected chi connectivity index (χ3v) is 4.45. The molecule has 1 aliphatic heterocycles. The van der Waals surface area contributed by atoms with Crippen molar-refractivity contribution in [2.75, 3.05) is 11.4 Å². The monoisotopic (exact) mass is 247 g/mol. The fourth-order valence-corrected chi connectivity index (χ4v) is 3.32. The van der Waals surface area contributed by atoms with Gasteiger partial charge >= 0.3 is 0 Å². The lowest BCUT2D eigenvalue weighted by Gasteiger charge is -2.37. The van der Waals surface area contributed by atoms with Gasteiger partial charge in [0.05, 0.1) is 5.39 Å². The molecule has 2 aromatic rings. The summed E-state index contributed by atoms with van der Waals surface area (Å²) < 4.78 is 0. The summed E-state index contributed by atoms with van der Waals surface area (Å²) >= 11 is 1.69. The van der Waals surface area contributed by atoms with E-state index >= 15 is 0 Å². The molecule has 0 spiro atoms. The van der Waals surface area contributed by atoms with Crippen LogP contribution < -0.4 is 4.90 Å². The van der Waals surface area contributed by atoms with Crippen LogP contribution in [0.25, 0.3) is 10.2 Å². The van der Waals surface area contributed by atoms with Crippen molar-refractivity contribution < 1.29 is 0 Å². The average molecular weight is 247 g/mol. The van der Waals surface area contributed by atoms with Crippen molar-refractivity contribution in [2.45, 2.75) is 32.7 Å². The van der Waals surface area contributed by atoms with Gasteiger partial charge in [-0.2, -0.15) is 0 Å². The maximum atomic E-state index is 4.51. The van der Waals surface area contributed by atoms with Crippen LogP contribution in [0.3, 0.4) is 0 Å². The number of nitrogens with zero attached hydrogens (tertiary/aromatic N) is 3. The SMILES string of the molecule is CC1CCC(C)N(c2ncnc3sccc23)C1. The maximum Gasteiger partial charge on any atom is 0.141 e. The first kappa shape index (κ1) is 11.0. The van der Waals surface area contributed by atoms with E-state index in [2.05, 4.69) is 40.2 Å². The van der Waals surface area contributed by atoms with Gasteiger partial charge in [-0.1, -0.05) is 6.92 Å². The Labute approximate surface area is 106 Å². The molecule has 0 radical (unpaired) electrons. The highest BCUT2D eigenvalue weighted by atomic mass is 32.1. The molecule has 17 heavy (non-hydrogen) atoms. The minimum absolute atomic E-state index is 0.587. The number of rotatable bonds is 1. The van der Waals surface area contributed by atoms with Gasteiger partial charge in [0.2, 0.25) is 0 Å². The molecule has 0 aliphatic carbocycles. The van der Waals surface area contributed by atoms with Crippen LogP contribution in [-0.4, -0.2) is 22.6 Å². The van der Waals surface area contributed by atoms with Gasteiger partial charge in [-0.3, -0.25) is 0 Å². The molecule has 4 heteroatoms. The largest absolute Gasteiger partial charge is 0.353 e. The first-order chi connectivity index (χ1) is 8.25. The lowest BCUT2D eigenvalue weighted by molar-refractivity contribution is 0.389. The predicted octanol–water partition coefficient (Wildman–Crippen LogP) is 3.32. The van der Waals surface area contributed by atoms with Crippen LogP contribution in [0.15, 0.2) is 17.8 Å². The highest BCUT2D eigenvalue weighted by molar-refractivity contribution is 7.16. The van der Waals surface area contributed by atoms with Crippen LogP contribution in [-0.2, 0) is 0 Å². The third kappa shape index (κ3) is 1.90. The van der Waals surface area contributed by atoms with Crippen molar-refractivity contribution >= 4 is 27.4 Å². The Morgan fingerprint density at radius 2 is 2.18 bits per heavy atom. The second-order valence-electron chi connectivity index (χ2n) is 5.02. The van der Waals surface area contributed by atoms with Crippen LogP contribution in [0.2, 0.25) is 0 Å². The Morgan fingerprint density at radius 1 is 1.29 bits per heavy atom. The minimum atomic E-state index is 0.587. The van der Waals surface area contributed by atoms with Crippen LogP contribution >= 0.6 is 11.3 Å². The van der Waals surface area contributed by atoms with Gasteiger partial charge in [0, 0.05) is 12.6 Å². The van der Waals surface area contributed by atoms with E-state index in [4.69, 9.17) is 0 Å². The van der Waals surface area contributed by atoms with Crippen molar-refractivity contribution in [1.82, 2.24) is 9.97 Å². The Morgan fingerprint density at radius 3 is 3.06 bits per heavy atom. The number of hydrogen-bond donors (Lipinski definition) is 0. The molecule has 0 aromatic carbocycles. The molecule has 90 valence electrons. The molecule has 0 N–H and O–H groups in total. The standard InChI is InChI=1S/C13H17N3S/c1-9-3-4-10(2)16(7-9)12-11-5-6-17-13(11)15-8-14-12/h5-6,8-10H,3-4,7H2,1-2H3. The van der Waals surface area contributed by atoms with Gasteiger partial charge in [0.1, 0.15) is 17.0 Å². The Kier molecular flexibility index (Phi) is 2.74. The van der Waals surface area contributed by atoms with E-state index in [0.29, 0.717) is 6.04 Å². The quantitative estimate of drug-likeness (QED) is 0.774. The van der Waals surface area contributed by atoms with Crippen molar-refractivity contribution in [1.29, 1.82) is 0 Å². The van der Waals surface area contributed by atoms with E-state index in [1.807, 2.05) is 0 Å². The number of anilines is 1. The van der Waals surface area contributed by atoms with Gasteiger partial charge in [0.15, 0.2) is 0 Å². The summed E-state index contributed by atoms with van der Waals surface area (Å²) in [6, 6.07) is 2.73. The molecular weight excluding hydrogens is 230 g/mol. The predicted molar refractivity (Wildman–Crippen MR) is 72.6 cm³/mol. The summed E-state index contributed by atoms with van der Waals surface area (Å²) in [5.41, 5.74) is 0. The molecule has 2 atom stereocenters. The Bertz CT molecular complexity index is 522. The number of piperidine rings is 1. The maximum absolute atomic E-state index is 4.51. The molecule has 0 saturated carbocycles. The lowest BCUT2D eigenvalue weighted by Crippen LogP contribution is -2.41. The summed E-state index contributed by atoms with van der Waals surface area (Å²) in [5, 5.41) is 3.31. The van der Waals surface area contributed by atoms with Crippen LogP contribution in [0.1, 0.15) is 26.7 Å². The fraction of sp³-hybridized carbons (Fsp3) is 0.538. The first-order valence-electron chi connectivity index (χ1n) is 6.20. The smallest absolute Gasteiger partial charge is 0.141 e. The molecule has 1 aliphatic rings. The van der Waals surface area contributed by atoms with E-state index in [0.717, 1.165) is 23.1 Å². The topological polar surface area (TPSA) is 29.0 Å². The van der Waals surface area contributed by atoms with Crippen molar-refractivity contribution in [3.8, 4) is 0 Å². The molecule has 1 fully saturated rings. The van der Waals surface area contributed by atoms with Crippen LogP contribution in [0.4, 0.5) is 5.82 Å². The molecule has 1 saturated heterocycles. The second kappa shape index (κ2) is 4.26. The van der Waals surface area contributed by atoms with Gasteiger partial charge in [-0.05, 0) is 37.1 Å². The number of thiophene rings is 1. The summed E-state index contributed by atoms with van der Waals surface area (Å²) in [6.45, 7) is 5.74. The zero-order valence-corrected chi connectivity index (χ0v) is 11.1. The minimum Gasteiger partial charge on any atom is -0.353 e. The third-order valence-electron chi connectivity index (χ3n) is 3.63. The van der Waals surface area contributed by atoms with Crippen LogP contribution in [0, 0.1) is 5.92 Å². The molecule has 3 heterocycles. The van der Waals surface area contributed by atoms with E-state index in [1.54, 1.807) is 17.7 Å². The van der Waals surface area contributed by atoms with Gasteiger partial charge < -0.3 is 4.90 Å². The highest BCUT2D eigenvalue weighted by Gasteiger charge is 2.25. The summed E-state index contributed by atoms with van der Waals surface area (Å²) in [7, 11) is 0. The number of aromatic nitrogens is 2. The number of hydrogen-bond acceptors (Lipinski definition) is 4. The zero-order chi connectivity index (χ0) is 11.8. The lowest BCUT2D eigenvalue weighted by atomic mass is 9.95. The number of fused-ring (bicyclic) bond motifs is 1. The zero-order valence-electron chi connectivity index (χ0n) is 10.3. The molecule has 2 aromatic heterocycles. The normalized spacial score (nSPS) is 25.4. The van der Waals surface area contributed by atoms with E-state index in [1.165, 1.54) is 18.2 Å². The molecular formula is C13H17N3S. The van der Waals surface area contributed by atoms with Crippen molar-refractivity contribution in [2.24, 2.45) is 5.92 Å². The van der Waals surface area contributed by atoms with Gasteiger partial charge in [-0.15, -0.1) is 11.3 Å². The fourth-order valence-electron chi connectivity index (χ4n) is 2.59. The Balaban J connectivity index is 2.04. The Hall–Kier alpha value is -1.16. The molecule has 2 unspecified atom stereocenters. The second-order valence-corrected chi connectivity index (χ2v) is 5.92. The van der Waals surface area contributed by atoms with Gasteiger partial charge in [0.25, 0.3) is 0 Å². The molecule has 3 nitrogen and oxygen atoms in total. The first-order valence-corrected chi connectivity index (χ1v) is 7.08. The van der Waals surface area contributed by atoms with Crippen molar-refractivity contribution in [3.05, 3.63) is 17.8 Å². The van der Waals surface area contributed by atoms with Crippen molar-refractivity contribution in [3.63, 3.8) is 0 Å². The average Bonchev–Trinajstić information content (AvgIpc) is 2.80. The van der Waals surface area contributed by atoms with Crippen LogP contribution in [0.5, 0.6) is 0 Å². The molecule has 0 bridgehead atoms. The van der Waals surface area contributed by atoms with E-state index < -0.39 is 0 Å². The molecule has 0 amide bonds. The molecule has 3 rings (SSSR count). The summed E-state index contributed by atoms with van der Waals surface area (Å²) in [4.78, 5) is 12.4. The van der Waals surface area contributed by atoms with E-state index in [-0.39, 0.29) is 0 Å².